The van der Waals surface area contributed by atoms with Crippen LogP contribution in [0.2, 0.25) is 0 Å². The lowest BCUT2D eigenvalue weighted by molar-refractivity contribution is -0.128. The van der Waals surface area contributed by atoms with Crippen molar-refractivity contribution in [2.75, 3.05) is 19.6 Å². The summed E-state index contributed by atoms with van der Waals surface area (Å²) >= 11 is 0. The summed E-state index contributed by atoms with van der Waals surface area (Å²) in [7, 11) is 0. The van der Waals surface area contributed by atoms with Gasteiger partial charge in [0.05, 0.1) is 6.04 Å². The lowest BCUT2D eigenvalue weighted by Crippen LogP contribution is -2.43. The highest BCUT2D eigenvalue weighted by Crippen LogP contribution is 2.37. The summed E-state index contributed by atoms with van der Waals surface area (Å²) < 4.78 is 0. The number of nitrogens with one attached hydrogen (secondary N) is 2. The summed E-state index contributed by atoms with van der Waals surface area (Å²) in [6.45, 7) is 4.74. The van der Waals surface area contributed by atoms with Crippen molar-refractivity contribution in [2.45, 2.75) is 44.7 Å². The van der Waals surface area contributed by atoms with Crippen LogP contribution < -0.4 is 10.6 Å². The molecule has 0 aromatic heterocycles. The summed E-state index contributed by atoms with van der Waals surface area (Å²) in [6, 6.07) is 0.468. The Kier molecular flexibility index (Phi) is 3.48. The van der Waals surface area contributed by atoms with E-state index in [-0.39, 0.29) is 23.8 Å². The van der Waals surface area contributed by atoms with Gasteiger partial charge in [0.25, 0.3) is 0 Å². The molecule has 19 heavy (non-hydrogen) atoms. The molecule has 0 unspecified atom stereocenters. The molecule has 5 nitrogen and oxygen atoms in total. The average Bonchev–Trinajstić information content (AvgIpc) is 3.02. The van der Waals surface area contributed by atoms with Crippen LogP contribution in [0, 0.1) is 11.8 Å². The first-order chi connectivity index (χ1) is 9.15. The Hall–Kier alpha value is -1.10. The molecule has 3 rings (SSSR count). The minimum absolute atomic E-state index is 0.0303. The van der Waals surface area contributed by atoms with Gasteiger partial charge in [0, 0.05) is 24.9 Å². The third-order valence-electron chi connectivity index (χ3n) is 4.68. The molecule has 0 spiro atoms. The maximum absolute atomic E-state index is 12.1. The van der Waals surface area contributed by atoms with Crippen molar-refractivity contribution in [3.8, 4) is 0 Å². The maximum atomic E-state index is 12.1. The van der Waals surface area contributed by atoms with Crippen LogP contribution in [0.3, 0.4) is 0 Å². The molecule has 2 heterocycles. The zero-order chi connectivity index (χ0) is 13.4. The van der Waals surface area contributed by atoms with Crippen molar-refractivity contribution in [1.82, 2.24) is 15.5 Å². The first kappa shape index (κ1) is 12.9. The number of carbonyl (C=O) groups is 2. The lowest BCUT2D eigenvalue weighted by Gasteiger charge is -2.23. The van der Waals surface area contributed by atoms with E-state index in [9.17, 15) is 9.59 Å². The molecule has 1 aliphatic carbocycles. The van der Waals surface area contributed by atoms with Gasteiger partial charge < -0.3 is 15.5 Å². The lowest BCUT2D eigenvalue weighted by atomic mass is 9.97. The second-order valence-electron chi connectivity index (χ2n) is 6.26. The quantitative estimate of drug-likeness (QED) is 0.761. The van der Waals surface area contributed by atoms with Crippen LogP contribution in [0.4, 0.5) is 0 Å². The third kappa shape index (κ3) is 2.76. The molecule has 106 valence electrons. The molecule has 0 aromatic carbocycles. The third-order valence-corrected chi connectivity index (χ3v) is 4.68. The molecule has 3 atom stereocenters. The summed E-state index contributed by atoms with van der Waals surface area (Å²) in [4.78, 5) is 26.1. The Labute approximate surface area is 114 Å². The Bertz CT molecular complexity index is 379. The Morgan fingerprint density at radius 1 is 1.37 bits per heavy atom. The van der Waals surface area contributed by atoms with E-state index in [1.807, 2.05) is 4.90 Å². The van der Waals surface area contributed by atoms with E-state index in [0.717, 1.165) is 32.4 Å². The Balaban J connectivity index is 1.50. The average molecular weight is 265 g/mol. The van der Waals surface area contributed by atoms with Crippen LogP contribution in [-0.2, 0) is 9.59 Å². The number of carbonyl (C=O) groups excluding carboxylic acids is 2. The molecular formula is C14H23N3O2. The summed E-state index contributed by atoms with van der Waals surface area (Å²) in [5, 5.41) is 6.34. The molecule has 5 heteroatoms. The minimum atomic E-state index is 0.0303. The van der Waals surface area contributed by atoms with E-state index in [0.29, 0.717) is 24.9 Å². The molecule has 2 N–H and O–H groups in total. The van der Waals surface area contributed by atoms with Crippen molar-refractivity contribution in [3.63, 3.8) is 0 Å². The summed E-state index contributed by atoms with van der Waals surface area (Å²) in [6.07, 6.45) is 3.44. The largest absolute Gasteiger partial charge is 0.351 e. The molecule has 1 saturated carbocycles. The zero-order valence-corrected chi connectivity index (χ0v) is 11.5. The van der Waals surface area contributed by atoms with Crippen LogP contribution in [0.25, 0.3) is 0 Å². The normalized spacial score (nSPS) is 35.5. The second-order valence-corrected chi connectivity index (χ2v) is 6.26. The summed E-state index contributed by atoms with van der Waals surface area (Å²) in [5.74, 6) is 1.13. The molecule has 0 bridgehead atoms. The van der Waals surface area contributed by atoms with Crippen LogP contribution in [0.5, 0.6) is 0 Å². The number of rotatable bonds is 3. The highest BCUT2D eigenvalue weighted by molar-refractivity contribution is 5.83. The standard InChI is InChI=1S/C14H23N3O2/c1-9-6-12(9)17-8-11(7-13(17)18)16-14(19)10-2-4-15-5-3-10/h9-12,15H,2-8H2,1H3,(H,16,19)/t9-,11-,12-/m1/s1. The number of hydrogen-bond acceptors (Lipinski definition) is 3. The van der Waals surface area contributed by atoms with Crippen molar-refractivity contribution < 1.29 is 9.59 Å². The fraction of sp³-hybridized carbons (Fsp3) is 0.857. The van der Waals surface area contributed by atoms with Gasteiger partial charge in [-0.25, -0.2) is 0 Å². The van der Waals surface area contributed by atoms with Gasteiger partial charge in [0.1, 0.15) is 0 Å². The zero-order valence-electron chi connectivity index (χ0n) is 11.5. The molecular weight excluding hydrogens is 242 g/mol. The SMILES string of the molecule is C[C@@H]1C[C@H]1N1C[C@H](NC(=O)C2CCNCC2)CC1=O. The van der Waals surface area contributed by atoms with Gasteiger partial charge in [0.15, 0.2) is 0 Å². The van der Waals surface area contributed by atoms with Crippen molar-refractivity contribution in [2.24, 2.45) is 11.8 Å². The molecule has 2 amide bonds. The predicted molar refractivity (Wildman–Crippen MR) is 71.4 cm³/mol. The van der Waals surface area contributed by atoms with Crippen LogP contribution in [0.1, 0.15) is 32.6 Å². The van der Waals surface area contributed by atoms with E-state index in [4.69, 9.17) is 0 Å². The van der Waals surface area contributed by atoms with E-state index in [1.54, 1.807) is 0 Å². The number of likely N-dealkylation sites (tertiary alicyclic amines) is 1. The van der Waals surface area contributed by atoms with Crippen molar-refractivity contribution >= 4 is 11.8 Å². The number of nitrogens with zero attached hydrogens (tertiary/aromatic N) is 1. The summed E-state index contributed by atoms with van der Waals surface area (Å²) in [5.41, 5.74) is 0. The highest BCUT2D eigenvalue weighted by Gasteiger charge is 2.45. The number of piperidine rings is 1. The van der Waals surface area contributed by atoms with E-state index < -0.39 is 0 Å². The van der Waals surface area contributed by atoms with Gasteiger partial charge in [-0.05, 0) is 38.3 Å². The predicted octanol–water partition coefficient (Wildman–Crippen LogP) is 0.112. The topological polar surface area (TPSA) is 61.4 Å². The fourth-order valence-corrected chi connectivity index (χ4v) is 3.29. The molecule has 3 fully saturated rings. The monoisotopic (exact) mass is 265 g/mol. The number of amides is 2. The minimum Gasteiger partial charge on any atom is -0.351 e. The van der Waals surface area contributed by atoms with Crippen LogP contribution >= 0.6 is 0 Å². The number of hydrogen-bond donors (Lipinski definition) is 2. The van der Waals surface area contributed by atoms with Gasteiger partial charge >= 0.3 is 0 Å². The van der Waals surface area contributed by atoms with Crippen LogP contribution in [-0.4, -0.2) is 48.4 Å². The first-order valence-corrected chi connectivity index (χ1v) is 7.45. The van der Waals surface area contributed by atoms with Crippen molar-refractivity contribution in [1.29, 1.82) is 0 Å². The molecule has 3 aliphatic rings. The molecule has 0 aromatic rings. The van der Waals surface area contributed by atoms with Gasteiger partial charge in [-0.3, -0.25) is 9.59 Å². The van der Waals surface area contributed by atoms with E-state index in [1.165, 1.54) is 0 Å². The van der Waals surface area contributed by atoms with E-state index >= 15 is 0 Å². The molecule has 0 radical (unpaired) electrons. The van der Waals surface area contributed by atoms with Gasteiger partial charge in [-0.15, -0.1) is 0 Å². The Morgan fingerprint density at radius 3 is 2.68 bits per heavy atom. The van der Waals surface area contributed by atoms with Crippen LogP contribution in [0.15, 0.2) is 0 Å². The smallest absolute Gasteiger partial charge is 0.225 e. The highest BCUT2D eigenvalue weighted by atomic mass is 16.2. The fourth-order valence-electron chi connectivity index (χ4n) is 3.29. The van der Waals surface area contributed by atoms with Gasteiger partial charge in [-0.1, -0.05) is 6.92 Å². The van der Waals surface area contributed by atoms with Gasteiger partial charge in [0.2, 0.25) is 11.8 Å². The molecule has 2 saturated heterocycles. The first-order valence-electron chi connectivity index (χ1n) is 7.45. The van der Waals surface area contributed by atoms with Crippen molar-refractivity contribution in [3.05, 3.63) is 0 Å². The van der Waals surface area contributed by atoms with Gasteiger partial charge in [-0.2, -0.15) is 0 Å². The Morgan fingerprint density at radius 2 is 2.05 bits per heavy atom. The maximum Gasteiger partial charge on any atom is 0.225 e. The molecule has 2 aliphatic heterocycles. The van der Waals surface area contributed by atoms with E-state index in [2.05, 4.69) is 17.6 Å². The second kappa shape index (κ2) is 5.12.